The standard InChI is InChI=1S/C17H21NS/c1-13(15-7-5-4-6-8-15)18-14(2)16-9-11-17(19-3)12-10-16/h4-14,18H,1-3H3/t13-,14?/m0/s1. The van der Waals surface area contributed by atoms with Crippen molar-refractivity contribution in [3.05, 3.63) is 65.7 Å². The Morgan fingerprint density at radius 3 is 1.84 bits per heavy atom. The van der Waals surface area contributed by atoms with Crippen LogP contribution in [0.5, 0.6) is 0 Å². The van der Waals surface area contributed by atoms with E-state index in [1.54, 1.807) is 11.8 Å². The van der Waals surface area contributed by atoms with Crippen molar-refractivity contribution in [2.24, 2.45) is 0 Å². The second-order valence-electron chi connectivity index (χ2n) is 4.79. The summed E-state index contributed by atoms with van der Waals surface area (Å²) in [5.41, 5.74) is 2.66. The lowest BCUT2D eigenvalue weighted by atomic mass is 10.0. The van der Waals surface area contributed by atoms with Crippen molar-refractivity contribution in [2.75, 3.05) is 6.26 Å². The lowest BCUT2D eigenvalue weighted by Crippen LogP contribution is -2.22. The van der Waals surface area contributed by atoms with Crippen molar-refractivity contribution in [1.29, 1.82) is 0 Å². The highest BCUT2D eigenvalue weighted by Crippen LogP contribution is 2.21. The van der Waals surface area contributed by atoms with Gasteiger partial charge in [0.2, 0.25) is 0 Å². The summed E-state index contributed by atoms with van der Waals surface area (Å²) >= 11 is 1.78. The maximum Gasteiger partial charge on any atom is 0.0297 e. The highest BCUT2D eigenvalue weighted by atomic mass is 32.2. The minimum absolute atomic E-state index is 0.353. The Labute approximate surface area is 120 Å². The Kier molecular flexibility index (Phi) is 5.06. The molecule has 0 bridgehead atoms. The van der Waals surface area contributed by atoms with E-state index >= 15 is 0 Å². The van der Waals surface area contributed by atoms with Crippen LogP contribution in [-0.4, -0.2) is 6.26 Å². The van der Waals surface area contributed by atoms with Crippen LogP contribution in [-0.2, 0) is 0 Å². The fourth-order valence-electron chi connectivity index (χ4n) is 2.20. The predicted octanol–water partition coefficient (Wildman–Crippen LogP) is 4.82. The maximum absolute atomic E-state index is 3.64. The van der Waals surface area contributed by atoms with Gasteiger partial charge in [0.15, 0.2) is 0 Å². The molecular weight excluding hydrogens is 250 g/mol. The molecule has 0 saturated heterocycles. The molecule has 0 fully saturated rings. The number of thioether (sulfide) groups is 1. The molecule has 19 heavy (non-hydrogen) atoms. The summed E-state index contributed by atoms with van der Waals surface area (Å²) in [5, 5.41) is 3.64. The highest BCUT2D eigenvalue weighted by Gasteiger charge is 2.10. The smallest absolute Gasteiger partial charge is 0.0297 e. The Bertz CT molecular complexity index is 492. The zero-order chi connectivity index (χ0) is 13.7. The molecule has 1 nitrogen and oxygen atoms in total. The predicted molar refractivity (Wildman–Crippen MR) is 84.6 cm³/mol. The van der Waals surface area contributed by atoms with Crippen LogP contribution in [0.2, 0.25) is 0 Å². The first-order valence-corrected chi connectivity index (χ1v) is 7.88. The molecule has 2 heteroatoms. The van der Waals surface area contributed by atoms with E-state index in [2.05, 4.69) is 80.0 Å². The molecule has 0 saturated carbocycles. The van der Waals surface area contributed by atoms with Crippen molar-refractivity contribution in [3.8, 4) is 0 Å². The third-order valence-electron chi connectivity index (χ3n) is 3.42. The zero-order valence-corrected chi connectivity index (χ0v) is 12.6. The molecule has 1 N–H and O–H groups in total. The third kappa shape index (κ3) is 3.85. The molecule has 0 spiro atoms. The molecule has 100 valence electrons. The lowest BCUT2D eigenvalue weighted by molar-refractivity contribution is 0.494. The summed E-state index contributed by atoms with van der Waals surface area (Å²) in [6.07, 6.45) is 2.11. The van der Waals surface area contributed by atoms with Gasteiger partial charge in [0.1, 0.15) is 0 Å². The van der Waals surface area contributed by atoms with E-state index in [4.69, 9.17) is 0 Å². The second kappa shape index (κ2) is 6.78. The van der Waals surface area contributed by atoms with Gasteiger partial charge in [0.05, 0.1) is 0 Å². The van der Waals surface area contributed by atoms with Crippen molar-refractivity contribution in [1.82, 2.24) is 5.32 Å². The van der Waals surface area contributed by atoms with Crippen molar-refractivity contribution in [3.63, 3.8) is 0 Å². The van der Waals surface area contributed by atoms with Crippen LogP contribution in [0.4, 0.5) is 0 Å². The average Bonchev–Trinajstić information content (AvgIpc) is 2.48. The molecular formula is C17H21NS. The van der Waals surface area contributed by atoms with Gasteiger partial charge in [-0.1, -0.05) is 42.5 Å². The van der Waals surface area contributed by atoms with Crippen molar-refractivity contribution in [2.45, 2.75) is 30.8 Å². The van der Waals surface area contributed by atoms with E-state index in [9.17, 15) is 0 Å². The lowest BCUT2D eigenvalue weighted by Gasteiger charge is -2.21. The molecule has 2 rings (SSSR count). The van der Waals surface area contributed by atoms with Crippen LogP contribution >= 0.6 is 11.8 Å². The van der Waals surface area contributed by atoms with Gasteiger partial charge in [-0.2, -0.15) is 0 Å². The Hall–Kier alpha value is -1.25. The molecule has 1 unspecified atom stereocenters. The molecule has 0 aliphatic carbocycles. The maximum atomic E-state index is 3.64. The monoisotopic (exact) mass is 271 g/mol. The molecule has 2 aromatic rings. The van der Waals surface area contributed by atoms with Crippen LogP contribution in [0.3, 0.4) is 0 Å². The first-order chi connectivity index (χ1) is 9.20. The van der Waals surface area contributed by atoms with Gasteiger partial charge < -0.3 is 5.32 Å². The molecule has 2 atom stereocenters. The molecule has 0 aliphatic rings. The molecule has 2 aromatic carbocycles. The van der Waals surface area contributed by atoms with Crippen molar-refractivity contribution >= 4 is 11.8 Å². The number of benzene rings is 2. The normalized spacial score (nSPS) is 14.1. The van der Waals surface area contributed by atoms with E-state index in [1.807, 2.05) is 0 Å². The fraction of sp³-hybridized carbons (Fsp3) is 0.294. The van der Waals surface area contributed by atoms with E-state index in [-0.39, 0.29) is 0 Å². The molecule has 0 heterocycles. The zero-order valence-electron chi connectivity index (χ0n) is 11.8. The average molecular weight is 271 g/mol. The van der Waals surface area contributed by atoms with E-state index in [1.165, 1.54) is 16.0 Å². The second-order valence-corrected chi connectivity index (χ2v) is 5.67. The van der Waals surface area contributed by atoms with E-state index < -0.39 is 0 Å². The Balaban J connectivity index is 2.02. The highest BCUT2D eigenvalue weighted by molar-refractivity contribution is 7.98. The summed E-state index contributed by atoms with van der Waals surface area (Å²) in [5.74, 6) is 0. The molecule has 0 radical (unpaired) electrons. The van der Waals surface area contributed by atoms with Gasteiger partial charge in [0.25, 0.3) is 0 Å². The SMILES string of the molecule is CSc1ccc(C(C)N[C@@H](C)c2ccccc2)cc1. The minimum Gasteiger partial charge on any atom is -0.304 e. The number of rotatable bonds is 5. The van der Waals surface area contributed by atoms with Crippen LogP contribution in [0.1, 0.15) is 37.1 Å². The van der Waals surface area contributed by atoms with Crippen LogP contribution in [0.15, 0.2) is 59.5 Å². The van der Waals surface area contributed by atoms with Crippen LogP contribution in [0.25, 0.3) is 0 Å². The van der Waals surface area contributed by atoms with Gasteiger partial charge >= 0.3 is 0 Å². The quantitative estimate of drug-likeness (QED) is 0.782. The number of hydrogen-bond acceptors (Lipinski definition) is 2. The topological polar surface area (TPSA) is 12.0 Å². The number of nitrogens with one attached hydrogen (secondary N) is 1. The van der Waals surface area contributed by atoms with Crippen LogP contribution < -0.4 is 5.32 Å². The van der Waals surface area contributed by atoms with Crippen molar-refractivity contribution < 1.29 is 0 Å². The third-order valence-corrected chi connectivity index (χ3v) is 4.16. The summed E-state index contributed by atoms with van der Waals surface area (Å²) in [6, 6.07) is 20.1. The van der Waals surface area contributed by atoms with Gasteiger partial charge in [-0.3, -0.25) is 0 Å². The van der Waals surface area contributed by atoms with E-state index in [0.717, 1.165) is 0 Å². The van der Waals surface area contributed by atoms with Gasteiger partial charge in [-0.05, 0) is 43.4 Å². The minimum atomic E-state index is 0.353. The fourth-order valence-corrected chi connectivity index (χ4v) is 2.61. The molecule has 0 aromatic heterocycles. The summed E-state index contributed by atoms with van der Waals surface area (Å²) < 4.78 is 0. The van der Waals surface area contributed by atoms with E-state index in [0.29, 0.717) is 12.1 Å². The number of hydrogen-bond donors (Lipinski definition) is 1. The van der Waals surface area contributed by atoms with Gasteiger partial charge in [-0.15, -0.1) is 11.8 Å². The Morgan fingerprint density at radius 1 is 0.789 bits per heavy atom. The first-order valence-electron chi connectivity index (χ1n) is 6.65. The largest absolute Gasteiger partial charge is 0.304 e. The summed E-state index contributed by atoms with van der Waals surface area (Å²) in [4.78, 5) is 1.31. The van der Waals surface area contributed by atoms with Gasteiger partial charge in [0, 0.05) is 17.0 Å². The van der Waals surface area contributed by atoms with Gasteiger partial charge in [-0.25, -0.2) is 0 Å². The summed E-state index contributed by atoms with van der Waals surface area (Å²) in [7, 11) is 0. The molecule has 0 amide bonds. The first kappa shape index (κ1) is 14.2. The molecule has 0 aliphatic heterocycles. The summed E-state index contributed by atoms with van der Waals surface area (Å²) in [6.45, 7) is 4.43. The van der Waals surface area contributed by atoms with Crippen LogP contribution in [0, 0.1) is 0 Å². The Morgan fingerprint density at radius 2 is 1.32 bits per heavy atom.